The van der Waals surface area contributed by atoms with E-state index in [4.69, 9.17) is 10.00 Å². The fourth-order valence-corrected chi connectivity index (χ4v) is 1.57. The molecule has 1 rings (SSSR count). The minimum Gasteiger partial charge on any atom is -0.444 e. The molecule has 0 aliphatic carbocycles. The smallest absolute Gasteiger partial charge is 0.410 e. The van der Waals surface area contributed by atoms with Gasteiger partial charge in [-0.15, -0.1) is 0 Å². The highest BCUT2D eigenvalue weighted by molar-refractivity contribution is 5.68. The van der Waals surface area contributed by atoms with Gasteiger partial charge in [-0.25, -0.2) is 4.79 Å². The SMILES string of the molecule is CC(C)(C)OC(=O)N1CC[C@H](C#N)[C@@H](O)C1. The third kappa shape index (κ3) is 3.38. The minimum absolute atomic E-state index is 0.174. The number of likely N-dealkylation sites (tertiary alicyclic amines) is 1. The van der Waals surface area contributed by atoms with Crippen LogP contribution in [0.4, 0.5) is 4.79 Å². The van der Waals surface area contributed by atoms with Gasteiger partial charge in [0.05, 0.1) is 24.6 Å². The van der Waals surface area contributed by atoms with Gasteiger partial charge in [-0.1, -0.05) is 0 Å². The highest BCUT2D eigenvalue weighted by Crippen LogP contribution is 2.19. The molecule has 5 nitrogen and oxygen atoms in total. The normalized spacial score (nSPS) is 26.1. The zero-order chi connectivity index (χ0) is 12.3. The maximum Gasteiger partial charge on any atom is 0.410 e. The van der Waals surface area contributed by atoms with Crippen LogP contribution >= 0.6 is 0 Å². The number of carbonyl (C=O) groups excluding carboxylic acids is 1. The summed E-state index contributed by atoms with van der Waals surface area (Å²) in [5.41, 5.74) is -0.534. The van der Waals surface area contributed by atoms with Crippen molar-refractivity contribution in [3.05, 3.63) is 0 Å². The van der Waals surface area contributed by atoms with Crippen LogP contribution in [0.5, 0.6) is 0 Å². The van der Waals surface area contributed by atoms with Crippen molar-refractivity contribution >= 4 is 6.09 Å². The van der Waals surface area contributed by atoms with Crippen LogP contribution in [0.2, 0.25) is 0 Å². The molecule has 1 saturated heterocycles. The summed E-state index contributed by atoms with van der Waals surface area (Å²) in [7, 11) is 0. The van der Waals surface area contributed by atoms with E-state index in [1.165, 1.54) is 4.90 Å². The lowest BCUT2D eigenvalue weighted by Crippen LogP contribution is -2.47. The van der Waals surface area contributed by atoms with E-state index >= 15 is 0 Å². The molecule has 2 atom stereocenters. The zero-order valence-corrected chi connectivity index (χ0v) is 9.93. The summed E-state index contributed by atoms with van der Waals surface area (Å²) in [6.45, 7) is 6.02. The Bertz CT molecular complexity index is 303. The standard InChI is InChI=1S/C11H18N2O3/c1-11(2,3)16-10(15)13-5-4-8(6-12)9(14)7-13/h8-9,14H,4-5,7H2,1-3H3/t8-,9+/m1/s1. The summed E-state index contributed by atoms with van der Waals surface area (Å²) in [6, 6.07) is 2.03. The van der Waals surface area contributed by atoms with Crippen molar-refractivity contribution in [3.63, 3.8) is 0 Å². The van der Waals surface area contributed by atoms with E-state index in [0.717, 1.165) is 0 Å². The Labute approximate surface area is 95.6 Å². The van der Waals surface area contributed by atoms with Crippen LogP contribution in [0, 0.1) is 17.2 Å². The van der Waals surface area contributed by atoms with Crippen LogP contribution in [-0.2, 0) is 4.74 Å². The molecule has 0 bridgehead atoms. The van der Waals surface area contributed by atoms with Crippen molar-refractivity contribution in [2.24, 2.45) is 5.92 Å². The number of β-amino-alcohol motifs (C(OH)–C–C–N with tert-alkyl or cyclic N) is 1. The number of hydrogen-bond donors (Lipinski definition) is 1. The number of aliphatic hydroxyl groups is 1. The number of carbonyl (C=O) groups is 1. The number of amides is 1. The molecule has 1 aliphatic heterocycles. The van der Waals surface area contributed by atoms with Crippen LogP contribution < -0.4 is 0 Å². The van der Waals surface area contributed by atoms with E-state index in [1.54, 1.807) is 20.8 Å². The molecule has 0 unspecified atom stereocenters. The van der Waals surface area contributed by atoms with E-state index in [9.17, 15) is 9.90 Å². The Morgan fingerprint density at radius 3 is 2.62 bits per heavy atom. The number of ether oxygens (including phenoxy) is 1. The predicted molar refractivity (Wildman–Crippen MR) is 57.5 cm³/mol. The molecule has 1 N–H and O–H groups in total. The van der Waals surface area contributed by atoms with Crippen LogP contribution in [0.1, 0.15) is 27.2 Å². The molecule has 1 amide bonds. The van der Waals surface area contributed by atoms with Gasteiger partial charge in [-0.2, -0.15) is 5.26 Å². The van der Waals surface area contributed by atoms with Crippen LogP contribution in [0.3, 0.4) is 0 Å². The van der Waals surface area contributed by atoms with Crippen molar-refractivity contribution in [1.29, 1.82) is 5.26 Å². The molecule has 1 fully saturated rings. The van der Waals surface area contributed by atoms with Crippen LogP contribution in [0.25, 0.3) is 0 Å². The first-order valence-electron chi connectivity index (χ1n) is 5.39. The molecule has 16 heavy (non-hydrogen) atoms. The Morgan fingerprint density at radius 1 is 1.56 bits per heavy atom. The lowest BCUT2D eigenvalue weighted by atomic mass is 9.96. The summed E-state index contributed by atoms with van der Waals surface area (Å²) in [5.74, 6) is -0.376. The second-order valence-electron chi connectivity index (χ2n) is 5.02. The third-order valence-corrected chi connectivity index (χ3v) is 2.40. The van der Waals surface area contributed by atoms with Gasteiger partial charge in [0.25, 0.3) is 0 Å². The number of nitrogens with zero attached hydrogens (tertiary/aromatic N) is 2. The van der Waals surface area contributed by atoms with Crippen molar-refractivity contribution in [2.45, 2.75) is 38.9 Å². The zero-order valence-electron chi connectivity index (χ0n) is 9.93. The molecule has 1 aliphatic rings. The van der Waals surface area contributed by atoms with Gasteiger partial charge in [0.1, 0.15) is 5.60 Å². The Balaban J connectivity index is 2.52. The fraction of sp³-hybridized carbons (Fsp3) is 0.818. The van der Waals surface area contributed by atoms with Crippen molar-refractivity contribution in [1.82, 2.24) is 4.90 Å². The molecule has 90 valence electrons. The van der Waals surface area contributed by atoms with Crippen molar-refractivity contribution in [3.8, 4) is 6.07 Å². The van der Waals surface area contributed by atoms with Gasteiger partial charge in [0.15, 0.2) is 0 Å². The lowest BCUT2D eigenvalue weighted by Gasteiger charge is -2.34. The molecular weight excluding hydrogens is 208 g/mol. The van der Waals surface area contributed by atoms with Gasteiger partial charge >= 0.3 is 6.09 Å². The number of aliphatic hydroxyl groups excluding tert-OH is 1. The van der Waals surface area contributed by atoms with Gasteiger partial charge in [0, 0.05) is 6.54 Å². The topological polar surface area (TPSA) is 73.6 Å². The van der Waals surface area contributed by atoms with Gasteiger partial charge in [-0.05, 0) is 27.2 Å². The Morgan fingerprint density at radius 2 is 2.19 bits per heavy atom. The molecule has 0 aromatic heterocycles. The Kier molecular flexibility index (Phi) is 3.76. The summed E-state index contributed by atoms with van der Waals surface area (Å²) in [4.78, 5) is 13.1. The predicted octanol–water partition coefficient (Wildman–Crippen LogP) is 1.13. The molecule has 0 spiro atoms. The highest BCUT2D eigenvalue weighted by atomic mass is 16.6. The number of rotatable bonds is 0. The van der Waals surface area contributed by atoms with E-state index in [2.05, 4.69) is 0 Å². The van der Waals surface area contributed by atoms with Crippen molar-refractivity contribution < 1.29 is 14.6 Å². The molecule has 0 aromatic rings. The first kappa shape index (κ1) is 12.8. The second kappa shape index (κ2) is 4.71. The largest absolute Gasteiger partial charge is 0.444 e. The minimum atomic E-state index is -0.772. The third-order valence-electron chi connectivity index (χ3n) is 2.40. The second-order valence-corrected chi connectivity index (χ2v) is 5.02. The van der Waals surface area contributed by atoms with Crippen molar-refractivity contribution in [2.75, 3.05) is 13.1 Å². The van der Waals surface area contributed by atoms with Gasteiger partial charge in [-0.3, -0.25) is 0 Å². The molecule has 0 aromatic carbocycles. The number of hydrogen-bond acceptors (Lipinski definition) is 4. The average molecular weight is 226 g/mol. The summed E-state index contributed by atoms with van der Waals surface area (Å²) in [5, 5.41) is 18.3. The molecule has 0 saturated carbocycles. The molecular formula is C11H18N2O3. The quantitative estimate of drug-likeness (QED) is 0.672. The summed E-state index contributed by atoms with van der Waals surface area (Å²) < 4.78 is 5.19. The maximum atomic E-state index is 11.7. The van der Waals surface area contributed by atoms with Gasteiger partial charge < -0.3 is 14.7 Å². The number of piperidine rings is 1. The molecule has 5 heteroatoms. The summed E-state index contributed by atoms with van der Waals surface area (Å²) >= 11 is 0. The van der Waals surface area contributed by atoms with E-state index in [1.807, 2.05) is 6.07 Å². The first-order chi connectivity index (χ1) is 7.33. The van der Waals surface area contributed by atoms with E-state index in [0.29, 0.717) is 13.0 Å². The monoisotopic (exact) mass is 226 g/mol. The number of nitriles is 1. The Hall–Kier alpha value is -1.28. The first-order valence-corrected chi connectivity index (χ1v) is 5.39. The van der Waals surface area contributed by atoms with E-state index in [-0.39, 0.29) is 12.5 Å². The van der Waals surface area contributed by atoms with E-state index < -0.39 is 17.8 Å². The fourth-order valence-electron chi connectivity index (χ4n) is 1.57. The van der Waals surface area contributed by atoms with Crippen LogP contribution in [-0.4, -0.2) is 40.9 Å². The highest BCUT2D eigenvalue weighted by Gasteiger charge is 2.32. The van der Waals surface area contributed by atoms with Crippen LogP contribution in [0.15, 0.2) is 0 Å². The lowest BCUT2D eigenvalue weighted by molar-refractivity contribution is -0.00446. The summed E-state index contributed by atoms with van der Waals surface area (Å²) in [6.07, 6.45) is -0.703. The maximum absolute atomic E-state index is 11.7. The molecule has 1 heterocycles. The average Bonchev–Trinajstić information content (AvgIpc) is 2.15. The molecule has 0 radical (unpaired) electrons. The van der Waals surface area contributed by atoms with Gasteiger partial charge in [0.2, 0.25) is 0 Å².